The lowest BCUT2D eigenvalue weighted by Gasteiger charge is -2.37. The summed E-state index contributed by atoms with van der Waals surface area (Å²) in [5, 5.41) is 21.2. The number of H-pyrrole nitrogens is 1. The van der Waals surface area contributed by atoms with E-state index in [1.165, 1.54) is 29.2 Å². The maximum absolute atomic E-state index is 14.3. The molecule has 1 aliphatic rings. The Balaban J connectivity index is 1.41. The van der Waals surface area contributed by atoms with Crippen LogP contribution in [0.5, 0.6) is 0 Å². The number of nitrogens with zero attached hydrogens (tertiary/aromatic N) is 1. The molecule has 5 amide bonds. The standard InChI is InChI=1S/C41H46ClFN6O7/c1-25-9-11-27(12-10-25)23-45-38(53)33(20-26-13-15-29(43)16-14-26)47-39(54)34(21-28-24-44-31-7-3-2-6-30(28)31)48-40(55)35-8-4-5-19-49(35)41(56)32(17-18-37(51)52)46-36(50)22-42/h2-3,6-7,9-16,24,32-35,44H,4-5,8,17-23H2,1H3,(H,45,53)(H,46,50)(H,47,54)(H,48,55)(H,51,52). The molecule has 296 valence electrons. The van der Waals surface area contributed by atoms with E-state index in [-0.39, 0.29) is 38.8 Å². The Kier molecular flexibility index (Phi) is 14.6. The molecule has 5 rings (SSSR count). The second-order valence-electron chi connectivity index (χ2n) is 13.9. The first-order valence-corrected chi connectivity index (χ1v) is 19.1. The van der Waals surface area contributed by atoms with E-state index in [0.717, 1.165) is 22.0 Å². The lowest BCUT2D eigenvalue weighted by Crippen LogP contribution is -2.61. The lowest BCUT2D eigenvalue weighted by atomic mass is 9.97. The van der Waals surface area contributed by atoms with Crippen LogP contribution in [-0.4, -0.2) is 87.1 Å². The number of amides is 5. The molecule has 0 saturated carbocycles. The number of aryl methyl sites for hydroxylation is 1. The van der Waals surface area contributed by atoms with Crippen LogP contribution in [-0.2, 0) is 48.2 Å². The van der Waals surface area contributed by atoms with Gasteiger partial charge in [-0.25, -0.2) is 4.39 Å². The first-order valence-electron chi connectivity index (χ1n) is 18.5. The third-order valence-corrected chi connectivity index (χ3v) is 10.0. The van der Waals surface area contributed by atoms with Crippen LogP contribution in [0.4, 0.5) is 4.39 Å². The van der Waals surface area contributed by atoms with Gasteiger partial charge >= 0.3 is 5.97 Å². The number of halogens is 2. The summed E-state index contributed by atoms with van der Waals surface area (Å²) in [5.41, 5.74) is 4.03. The highest BCUT2D eigenvalue weighted by Gasteiger charge is 2.38. The molecule has 4 unspecified atom stereocenters. The second kappa shape index (κ2) is 19.7. The van der Waals surface area contributed by atoms with Crippen molar-refractivity contribution in [2.24, 2.45) is 0 Å². The average Bonchev–Trinajstić information content (AvgIpc) is 3.61. The van der Waals surface area contributed by atoms with Crippen molar-refractivity contribution in [1.82, 2.24) is 31.2 Å². The van der Waals surface area contributed by atoms with Crippen LogP contribution < -0.4 is 21.3 Å². The topological polar surface area (TPSA) is 190 Å². The van der Waals surface area contributed by atoms with Gasteiger partial charge in [-0.1, -0.05) is 60.2 Å². The Hall–Kier alpha value is -5.76. The largest absolute Gasteiger partial charge is 0.481 e. The average molecular weight is 789 g/mol. The van der Waals surface area contributed by atoms with Crippen molar-refractivity contribution < 1.29 is 38.3 Å². The summed E-state index contributed by atoms with van der Waals surface area (Å²) in [4.78, 5) is 84.2. The molecular formula is C41H46ClFN6O7. The maximum atomic E-state index is 14.3. The lowest BCUT2D eigenvalue weighted by molar-refractivity contribution is -0.146. The normalized spacial score (nSPS) is 15.6. The molecule has 13 nitrogen and oxygen atoms in total. The van der Waals surface area contributed by atoms with Gasteiger partial charge in [0.1, 0.15) is 35.9 Å². The van der Waals surface area contributed by atoms with Gasteiger partial charge in [-0.3, -0.25) is 28.8 Å². The van der Waals surface area contributed by atoms with Crippen molar-refractivity contribution in [2.45, 2.75) is 82.6 Å². The molecule has 1 aromatic heterocycles. The highest BCUT2D eigenvalue weighted by Crippen LogP contribution is 2.22. The number of likely N-dealkylation sites (tertiary alicyclic amines) is 1. The summed E-state index contributed by atoms with van der Waals surface area (Å²) < 4.78 is 13.8. The molecule has 0 bridgehead atoms. The molecule has 0 aliphatic carbocycles. The van der Waals surface area contributed by atoms with E-state index >= 15 is 0 Å². The van der Waals surface area contributed by atoms with Gasteiger partial charge in [0.25, 0.3) is 0 Å². The van der Waals surface area contributed by atoms with Crippen LogP contribution >= 0.6 is 11.6 Å². The Morgan fingerprint density at radius 2 is 1.55 bits per heavy atom. The van der Waals surface area contributed by atoms with Crippen LogP contribution in [0.15, 0.2) is 79.0 Å². The highest BCUT2D eigenvalue weighted by atomic mass is 35.5. The molecule has 4 atom stereocenters. The number of para-hydroxylation sites is 1. The second-order valence-corrected chi connectivity index (χ2v) is 14.2. The van der Waals surface area contributed by atoms with Gasteiger partial charge < -0.3 is 36.3 Å². The quantitative estimate of drug-likeness (QED) is 0.0881. The number of benzene rings is 3. The number of carbonyl (C=O) groups is 6. The van der Waals surface area contributed by atoms with Crippen molar-refractivity contribution >= 4 is 58.0 Å². The van der Waals surface area contributed by atoms with E-state index in [0.29, 0.717) is 24.0 Å². The first kappa shape index (κ1) is 41.4. The molecule has 1 fully saturated rings. The fourth-order valence-corrected chi connectivity index (χ4v) is 6.86. The number of hydrogen-bond acceptors (Lipinski definition) is 6. The molecule has 4 aromatic rings. The van der Waals surface area contributed by atoms with Crippen LogP contribution in [0.25, 0.3) is 10.9 Å². The Labute approximate surface area is 328 Å². The number of carbonyl (C=O) groups excluding carboxylic acids is 5. The minimum atomic E-state index is -1.23. The van der Waals surface area contributed by atoms with Gasteiger partial charge in [0.05, 0.1) is 0 Å². The zero-order chi connectivity index (χ0) is 40.2. The molecule has 56 heavy (non-hydrogen) atoms. The number of carboxylic acid groups (broad SMARTS) is 1. The molecule has 0 radical (unpaired) electrons. The predicted octanol–water partition coefficient (Wildman–Crippen LogP) is 3.66. The summed E-state index contributed by atoms with van der Waals surface area (Å²) in [6.45, 7) is 2.31. The van der Waals surface area contributed by atoms with E-state index in [9.17, 15) is 38.3 Å². The maximum Gasteiger partial charge on any atom is 0.303 e. The van der Waals surface area contributed by atoms with Gasteiger partial charge in [-0.2, -0.15) is 0 Å². The third-order valence-electron chi connectivity index (χ3n) is 9.80. The summed E-state index contributed by atoms with van der Waals surface area (Å²) in [6.07, 6.45) is 2.57. The monoisotopic (exact) mass is 788 g/mol. The van der Waals surface area contributed by atoms with E-state index in [4.69, 9.17) is 11.6 Å². The number of piperidine rings is 1. The number of aromatic nitrogens is 1. The summed E-state index contributed by atoms with van der Waals surface area (Å²) in [7, 11) is 0. The van der Waals surface area contributed by atoms with Gasteiger partial charge in [0, 0.05) is 49.5 Å². The minimum Gasteiger partial charge on any atom is -0.481 e. The SMILES string of the molecule is Cc1ccc(CNC(=O)C(Cc2ccc(F)cc2)NC(=O)C(Cc2c[nH]c3ccccc23)NC(=O)C2CCCCN2C(=O)C(CCC(=O)O)NC(=O)CCl)cc1. The van der Waals surface area contributed by atoms with E-state index in [1.807, 2.05) is 55.5 Å². The van der Waals surface area contributed by atoms with Crippen LogP contribution in [0.3, 0.4) is 0 Å². The van der Waals surface area contributed by atoms with Gasteiger partial charge in [-0.15, -0.1) is 11.6 Å². The Morgan fingerprint density at radius 3 is 2.27 bits per heavy atom. The van der Waals surface area contributed by atoms with E-state index in [1.54, 1.807) is 6.20 Å². The van der Waals surface area contributed by atoms with Gasteiger partial charge in [0.2, 0.25) is 29.5 Å². The van der Waals surface area contributed by atoms with Crippen LogP contribution in [0.1, 0.15) is 54.4 Å². The zero-order valence-electron chi connectivity index (χ0n) is 31.0. The van der Waals surface area contributed by atoms with Crippen molar-refractivity contribution in [3.63, 3.8) is 0 Å². The number of fused-ring (bicyclic) bond motifs is 1. The Morgan fingerprint density at radius 1 is 0.857 bits per heavy atom. The minimum absolute atomic E-state index is 0.0174. The fraction of sp³-hybridized carbons (Fsp3) is 0.366. The summed E-state index contributed by atoms with van der Waals surface area (Å²) in [5.74, 6) is -5.14. The van der Waals surface area contributed by atoms with Crippen molar-refractivity contribution in [1.29, 1.82) is 0 Å². The smallest absolute Gasteiger partial charge is 0.303 e. The predicted molar refractivity (Wildman–Crippen MR) is 208 cm³/mol. The molecule has 15 heteroatoms. The molecule has 0 spiro atoms. The fourth-order valence-electron chi connectivity index (χ4n) is 6.78. The van der Waals surface area contributed by atoms with Crippen LogP contribution in [0.2, 0.25) is 0 Å². The van der Waals surface area contributed by atoms with E-state index in [2.05, 4.69) is 26.3 Å². The summed E-state index contributed by atoms with van der Waals surface area (Å²) >= 11 is 5.67. The molecular weight excluding hydrogens is 743 g/mol. The molecule has 6 N–H and O–H groups in total. The number of aromatic amines is 1. The Bertz CT molecular complexity index is 2020. The molecule has 2 heterocycles. The number of nitrogens with one attached hydrogen (secondary N) is 5. The zero-order valence-corrected chi connectivity index (χ0v) is 31.7. The third kappa shape index (κ3) is 11.4. The number of hydrogen-bond donors (Lipinski definition) is 6. The van der Waals surface area contributed by atoms with E-state index < -0.39 is 77.8 Å². The number of carboxylic acids is 1. The number of alkyl halides is 1. The number of rotatable bonds is 17. The highest BCUT2D eigenvalue weighted by molar-refractivity contribution is 6.27. The van der Waals surface area contributed by atoms with Crippen LogP contribution in [0, 0.1) is 12.7 Å². The molecule has 3 aromatic carbocycles. The molecule has 1 aliphatic heterocycles. The van der Waals surface area contributed by atoms with Gasteiger partial charge in [0.15, 0.2) is 0 Å². The van der Waals surface area contributed by atoms with Crippen molar-refractivity contribution in [3.8, 4) is 0 Å². The van der Waals surface area contributed by atoms with Crippen molar-refractivity contribution in [3.05, 3.63) is 107 Å². The molecule has 1 saturated heterocycles. The van der Waals surface area contributed by atoms with Gasteiger partial charge in [-0.05, 0) is 67.5 Å². The van der Waals surface area contributed by atoms with Crippen molar-refractivity contribution in [2.75, 3.05) is 12.4 Å². The summed E-state index contributed by atoms with van der Waals surface area (Å²) in [6, 6.07) is 16.0. The number of aliphatic carboxylic acids is 1. The first-order chi connectivity index (χ1) is 26.9.